The van der Waals surface area contributed by atoms with Gasteiger partial charge in [-0.1, -0.05) is 11.6 Å². The summed E-state index contributed by atoms with van der Waals surface area (Å²) in [6.07, 6.45) is 5.52. The van der Waals surface area contributed by atoms with Gasteiger partial charge in [-0.25, -0.2) is 0 Å². The van der Waals surface area contributed by atoms with Gasteiger partial charge in [-0.2, -0.15) is 4.98 Å². The zero-order valence-electron chi connectivity index (χ0n) is 12.4. The van der Waals surface area contributed by atoms with Crippen LogP contribution in [0.15, 0.2) is 4.52 Å². The fourth-order valence-corrected chi connectivity index (χ4v) is 4.08. The highest BCUT2D eigenvalue weighted by Gasteiger charge is 2.55. The van der Waals surface area contributed by atoms with Crippen molar-refractivity contribution in [1.82, 2.24) is 15.0 Å². The third-order valence-electron chi connectivity index (χ3n) is 5.31. The molecule has 6 nitrogen and oxygen atoms in total. The van der Waals surface area contributed by atoms with Crippen LogP contribution in [-0.4, -0.2) is 41.2 Å². The van der Waals surface area contributed by atoms with Crippen LogP contribution >= 0.6 is 0 Å². The van der Waals surface area contributed by atoms with Gasteiger partial charge in [0.15, 0.2) is 5.82 Å². The molecule has 2 aliphatic carbocycles. The summed E-state index contributed by atoms with van der Waals surface area (Å²) in [4.78, 5) is 19.0. The van der Waals surface area contributed by atoms with Gasteiger partial charge in [0.1, 0.15) is 0 Å². The van der Waals surface area contributed by atoms with Crippen molar-refractivity contribution in [2.75, 3.05) is 20.2 Å². The van der Waals surface area contributed by atoms with E-state index in [1.807, 2.05) is 0 Å². The Hall–Kier alpha value is -1.43. The summed E-state index contributed by atoms with van der Waals surface area (Å²) in [7, 11) is 1.50. The van der Waals surface area contributed by atoms with E-state index in [9.17, 15) is 4.79 Å². The number of nitrogens with zero attached hydrogens (tertiary/aromatic N) is 3. The molecule has 4 rings (SSSR count). The first-order valence-corrected chi connectivity index (χ1v) is 7.84. The molecular formula is C15H21N3O3. The summed E-state index contributed by atoms with van der Waals surface area (Å²) in [5, 5.41) is 4.08. The molecule has 0 unspecified atom stereocenters. The van der Waals surface area contributed by atoms with E-state index in [1.54, 1.807) is 0 Å². The average Bonchev–Trinajstić information content (AvgIpc) is 2.93. The first-order chi connectivity index (χ1) is 10.2. The zero-order valence-corrected chi connectivity index (χ0v) is 12.4. The van der Waals surface area contributed by atoms with Crippen molar-refractivity contribution in [3.8, 4) is 0 Å². The van der Waals surface area contributed by atoms with E-state index in [-0.39, 0.29) is 11.4 Å². The number of aromatic nitrogens is 2. The molecule has 21 heavy (non-hydrogen) atoms. The predicted molar refractivity (Wildman–Crippen MR) is 73.3 cm³/mol. The summed E-state index contributed by atoms with van der Waals surface area (Å²) in [6.45, 7) is 2.37. The van der Waals surface area contributed by atoms with E-state index in [1.165, 1.54) is 20.0 Å². The van der Waals surface area contributed by atoms with E-state index in [2.05, 4.69) is 15.0 Å². The summed E-state index contributed by atoms with van der Waals surface area (Å²) in [5.74, 6) is 2.40. The van der Waals surface area contributed by atoms with E-state index in [4.69, 9.17) is 9.26 Å². The van der Waals surface area contributed by atoms with Crippen molar-refractivity contribution in [2.45, 2.75) is 44.6 Å². The first kappa shape index (κ1) is 13.2. The summed E-state index contributed by atoms with van der Waals surface area (Å²) >= 11 is 0. The van der Waals surface area contributed by atoms with Crippen LogP contribution in [0.1, 0.15) is 49.7 Å². The monoisotopic (exact) mass is 291 g/mol. The molecule has 2 saturated carbocycles. The molecule has 2 atom stereocenters. The van der Waals surface area contributed by atoms with Crippen molar-refractivity contribution in [2.24, 2.45) is 11.3 Å². The maximum Gasteiger partial charge on any atom is 0.313 e. The zero-order chi connectivity index (χ0) is 14.4. The van der Waals surface area contributed by atoms with E-state index < -0.39 is 0 Å². The maximum atomic E-state index is 12.2. The first-order valence-electron chi connectivity index (χ1n) is 7.84. The topological polar surface area (TPSA) is 68.5 Å². The Morgan fingerprint density at radius 3 is 3.10 bits per heavy atom. The molecule has 0 spiro atoms. The van der Waals surface area contributed by atoms with Crippen molar-refractivity contribution >= 4 is 5.97 Å². The van der Waals surface area contributed by atoms with Crippen LogP contribution in [0.2, 0.25) is 0 Å². The molecule has 1 aromatic rings. The summed E-state index contributed by atoms with van der Waals surface area (Å²) < 4.78 is 10.4. The number of ether oxygens (including phenoxy) is 1. The van der Waals surface area contributed by atoms with Gasteiger partial charge in [-0.3, -0.25) is 9.69 Å². The minimum atomic E-state index is -0.294. The van der Waals surface area contributed by atoms with Crippen LogP contribution in [0.4, 0.5) is 0 Å². The van der Waals surface area contributed by atoms with Crippen LogP contribution in [0.5, 0.6) is 0 Å². The third kappa shape index (κ3) is 2.16. The molecule has 0 radical (unpaired) electrons. The lowest BCUT2D eigenvalue weighted by Gasteiger charge is -2.25. The lowest BCUT2D eigenvalue weighted by atomic mass is 9.81. The highest BCUT2D eigenvalue weighted by Crippen LogP contribution is 2.49. The third-order valence-corrected chi connectivity index (χ3v) is 5.31. The largest absolute Gasteiger partial charge is 0.469 e. The Balaban J connectivity index is 1.46. The Kier molecular flexibility index (Phi) is 3.03. The molecule has 2 heterocycles. The predicted octanol–water partition coefficient (Wildman–Crippen LogP) is 1.72. The normalized spacial score (nSPS) is 32.3. The van der Waals surface area contributed by atoms with Crippen molar-refractivity contribution in [3.63, 3.8) is 0 Å². The molecule has 0 bridgehead atoms. The Bertz CT molecular complexity index is 554. The van der Waals surface area contributed by atoms with Gasteiger partial charge in [-0.05, 0) is 31.6 Å². The quantitative estimate of drug-likeness (QED) is 0.787. The van der Waals surface area contributed by atoms with Crippen LogP contribution in [-0.2, 0) is 16.1 Å². The molecule has 0 aromatic carbocycles. The molecule has 3 aliphatic rings. The highest BCUT2D eigenvalue weighted by atomic mass is 16.5. The van der Waals surface area contributed by atoms with Crippen molar-refractivity contribution in [1.29, 1.82) is 0 Å². The van der Waals surface area contributed by atoms with Gasteiger partial charge in [-0.15, -0.1) is 0 Å². The second-order valence-corrected chi connectivity index (χ2v) is 6.73. The smallest absolute Gasteiger partial charge is 0.313 e. The maximum absolute atomic E-state index is 12.2. The number of methoxy groups -OCH3 is 1. The van der Waals surface area contributed by atoms with Crippen LogP contribution in [0.3, 0.4) is 0 Å². The van der Waals surface area contributed by atoms with Crippen LogP contribution < -0.4 is 0 Å². The number of carbonyl (C=O) groups excluding carboxylic acids is 1. The molecule has 0 N–H and O–H groups in total. The van der Waals surface area contributed by atoms with Gasteiger partial charge in [0, 0.05) is 19.0 Å². The molecule has 3 fully saturated rings. The lowest BCUT2D eigenvalue weighted by molar-refractivity contribution is -0.153. The number of esters is 1. The molecular weight excluding hydrogens is 270 g/mol. The van der Waals surface area contributed by atoms with Gasteiger partial charge in [0.05, 0.1) is 19.1 Å². The van der Waals surface area contributed by atoms with E-state index in [0.717, 1.165) is 44.1 Å². The Morgan fingerprint density at radius 1 is 1.48 bits per heavy atom. The van der Waals surface area contributed by atoms with Crippen molar-refractivity contribution in [3.05, 3.63) is 11.7 Å². The van der Waals surface area contributed by atoms with E-state index in [0.29, 0.717) is 18.4 Å². The molecule has 114 valence electrons. The summed E-state index contributed by atoms with van der Waals surface area (Å²) in [6, 6.07) is 0. The number of rotatable bonds is 4. The number of hydrogen-bond acceptors (Lipinski definition) is 6. The summed E-state index contributed by atoms with van der Waals surface area (Å²) in [5.41, 5.74) is -0.294. The molecule has 1 saturated heterocycles. The molecule has 6 heteroatoms. The fraction of sp³-hybridized carbons (Fsp3) is 0.800. The van der Waals surface area contributed by atoms with Gasteiger partial charge in [0.2, 0.25) is 5.89 Å². The van der Waals surface area contributed by atoms with Crippen LogP contribution in [0.25, 0.3) is 0 Å². The second kappa shape index (κ2) is 4.80. The Morgan fingerprint density at radius 2 is 2.33 bits per heavy atom. The average molecular weight is 291 g/mol. The SMILES string of the molecule is COC(=O)[C@]12CCC[C@@H]1CN(Cc1noc(C3CC3)n1)C2. The second-order valence-electron chi connectivity index (χ2n) is 6.73. The van der Waals surface area contributed by atoms with Crippen LogP contribution in [0, 0.1) is 11.3 Å². The lowest BCUT2D eigenvalue weighted by Crippen LogP contribution is -2.36. The number of fused-ring (bicyclic) bond motifs is 1. The van der Waals surface area contributed by atoms with Gasteiger partial charge >= 0.3 is 5.97 Å². The molecule has 1 aromatic heterocycles. The fourth-order valence-electron chi connectivity index (χ4n) is 4.08. The van der Waals surface area contributed by atoms with E-state index >= 15 is 0 Å². The van der Waals surface area contributed by atoms with Gasteiger partial charge < -0.3 is 9.26 Å². The minimum Gasteiger partial charge on any atom is -0.469 e. The number of carbonyl (C=O) groups is 1. The standard InChI is InChI=1S/C15H21N3O3/c1-20-14(19)15-6-2-3-11(15)7-18(9-15)8-12-16-13(21-17-12)10-4-5-10/h10-11H,2-9H2,1H3/t11-,15+/m1/s1. The highest BCUT2D eigenvalue weighted by molar-refractivity contribution is 5.78. The minimum absolute atomic E-state index is 0.0423. The number of hydrogen-bond donors (Lipinski definition) is 0. The Labute approximate surface area is 123 Å². The van der Waals surface area contributed by atoms with Crippen molar-refractivity contribution < 1.29 is 14.1 Å². The number of likely N-dealkylation sites (tertiary alicyclic amines) is 1. The van der Waals surface area contributed by atoms with Gasteiger partial charge in [0.25, 0.3) is 0 Å². The molecule has 1 aliphatic heterocycles. The molecule has 0 amide bonds.